The smallest absolute Gasteiger partial charge is 0.245 e. The fourth-order valence-electron chi connectivity index (χ4n) is 3.83. The molecule has 1 aromatic heterocycles. The molecule has 0 radical (unpaired) electrons. The van der Waals surface area contributed by atoms with Gasteiger partial charge in [-0.15, -0.1) is 0 Å². The van der Waals surface area contributed by atoms with Crippen LogP contribution in [0.5, 0.6) is 0 Å². The van der Waals surface area contributed by atoms with Gasteiger partial charge in [0.15, 0.2) is 0 Å². The number of benzene rings is 1. The Morgan fingerprint density at radius 2 is 2.06 bits per heavy atom. The first-order valence-corrected chi connectivity index (χ1v) is 12.3. The Morgan fingerprint density at radius 3 is 2.77 bits per heavy atom. The summed E-state index contributed by atoms with van der Waals surface area (Å²) >= 11 is 5.90. The van der Waals surface area contributed by atoms with E-state index in [0.717, 1.165) is 25.8 Å². The Hall–Kier alpha value is -1.94. The first-order valence-electron chi connectivity index (χ1n) is 10.5. The number of rotatable bonds is 10. The van der Waals surface area contributed by atoms with E-state index < -0.39 is 10.0 Å². The number of aryl methyl sites for hydroxylation is 1. The third-order valence-electron chi connectivity index (χ3n) is 5.36. The second kappa shape index (κ2) is 11.1. The third kappa shape index (κ3) is 6.52. The predicted molar refractivity (Wildman–Crippen MR) is 118 cm³/mol. The van der Waals surface area contributed by atoms with Gasteiger partial charge in [0.2, 0.25) is 15.9 Å². The van der Waals surface area contributed by atoms with Gasteiger partial charge in [-0.2, -0.15) is 4.31 Å². The van der Waals surface area contributed by atoms with E-state index in [4.69, 9.17) is 16.3 Å². The van der Waals surface area contributed by atoms with Gasteiger partial charge in [0.25, 0.3) is 0 Å². The van der Waals surface area contributed by atoms with E-state index in [1.807, 2.05) is 17.7 Å². The van der Waals surface area contributed by atoms with E-state index in [1.165, 1.54) is 16.4 Å². The van der Waals surface area contributed by atoms with Crippen LogP contribution in [0.1, 0.15) is 32.6 Å². The maximum Gasteiger partial charge on any atom is 0.245 e. The van der Waals surface area contributed by atoms with E-state index in [1.54, 1.807) is 24.7 Å². The molecule has 2 unspecified atom stereocenters. The fraction of sp³-hybridized carbons (Fsp3) is 0.524. The number of carbonyl (C=O) groups is 1. The van der Waals surface area contributed by atoms with Crippen LogP contribution in [-0.4, -0.2) is 60.0 Å². The second-order valence-electron chi connectivity index (χ2n) is 7.74. The number of carbonyl (C=O) groups excluding carboxylic acids is 1. The number of halogens is 1. The molecule has 0 bridgehead atoms. The SMILES string of the molecule is CC1CCCC(COCC(=O)NCCCn2ccnc2)N1S(=O)(=O)c1ccc(Cl)cc1. The van der Waals surface area contributed by atoms with Crippen molar-refractivity contribution in [2.75, 3.05) is 19.8 Å². The Kier molecular flexibility index (Phi) is 8.48. The van der Waals surface area contributed by atoms with E-state index in [9.17, 15) is 13.2 Å². The zero-order valence-electron chi connectivity index (χ0n) is 17.6. The van der Waals surface area contributed by atoms with Crippen molar-refractivity contribution in [3.8, 4) is 0 Å². The molecule has 0 saturated carbocycles. The summed E-state index contributed by atoms with van der Waals surface area (Å²) in [6.07, 6.45) is 8.52. The standard InChI is InChI=1S/C21H29ClN4O4S/c1-17-4-2-5-19(26(17)31(28,29)20-8-6-18(22)7-9-20)14-30-15-21(27)24-10-3-12-25-13-11-23-16-25/h6-9,11,13,16-17,19H,2-5,10,12,14-15H2,1H3,(H,24,27). The number of nitrogens with zero attached hydrogens (tertiary/aromatic N) is 3. The first-order chi connectivity index (χ1) is 14.9. The average Bonchev–Trinajstić information content (AvgIpc) is 3.25. The highest BCUT2D eigenvalue weighted by Crippen LogP contribution is 2.30. The van der Waals surface area contributed by atoms with Crippen molar-refractivity contribution in [3.05, 3.63) is 48.0 Å². The van der Waals surface area contributed by atoms with Crippen LogP contribution in [0, 0.1) is 0 Å². The summed E-state index contributed by atoms with van der Waals surface area (Å²) in [6, 6.07) is 5.75. The molecule has 3 rings (SSSR count). The lowest BCUT2D eigenvalue weighted by Gasteiger charge is -2.39. The summed E-state index contributed by atoms with van der Waals surface area (Å²) in [5.41, 5.74) is 0. The highest BCUT2D eigenvalue weighted by molar-refractivity contribution is 7.89. The summed E-state index contributed by atoms with van der Waals surface area (Å²) in [5.74, 6) is -0.207. The number of aromatic nitrogens is 2. The lowest BCUT2D eigenvalue weighted by molar-refractivity contribution is -0.126. The quantitative estimate of drug-likeness (QED) is 0.541. The molecule has 0 aliphatic carbocycles. The van der Waals surface area contributed by atoms with Crippen molar-refractivity contribution < 1.29 is 17.9 Å². The van der Waals surface area contributed by atoms with Crippen molar-refractivity contribution in [1.82, 2.24) is 19.2 Å². The minimum Gasteiger partial charge on any atom is -0.370 e. The fourth-order valence-corrected chi connectivity index (χ4v) is 5.82. The van der Waals surface area contributed by atoms with Gasteiger partial charge in [0.05, 0.1) is 17.8 Å². The maximum atomic E-state index is 13.2. The molecule has 1 aromatic carbocycles. The zero-order valence-corrected chi connectivity index (χ0v) is 19.2. The van der Waals surface area contributed by atoms with Crippen LogP contribution < -0.4 is 5.32 Å². The molecule has 1 N–H and O–H groups in total. The van der Waals surface area contributed by atoms with E-state index in [0.29, 0.717) is 18.0 Å². The average molecular weight is 469 g/mol. The second-order valence-corrected chi connectivity index (χ2v) is 10.0. The molecule has 2 heterocycles. The maximum absolute atomic E-state index is 13.2. The molecule has 31 heavy (non-hydrogen) atoms. The molecule has 170 valence electrons. The molecule has 10 heteroatoms. The van der Waals surface area contributed by atoms with Crippen LogP contribution >= 0.6 is 11.6 Å². The number of amides is 1. The number of imidazole rings is 1. The van der Waals surface area contributed by atoms with Crippen molar-refractivity contribution in [1.29, 1.82) is 0 Å². The van der Waals surface area contributed by atoms with Crippen LogP contribution in [0.25, 0.3) is 0 Å². The van der Waals surface area contributed by atoms with Gasteiger partial charge in [-0.05, 0) is 50.5 Å². The van der Waals surface area contributed by atoms with Crippen molar-refractivity contribution in [3.63, 3.8) is 0 Å². The molecule has 1 fully saturated rings. The molecule has 0 spiro atoms. The topological polar surface area (TPSA) is 93.5 Å². The van der Waals surface area contributed by atoms with Crippen molar-refractivity contribution in [2.45, 2.75) is 56.1 Å². The summed E-state index contributed by atoms with van der Waals surface area (Å²) < 4.78 is 35.5. The van der Waals surface area contributed by atoms with Crippen LogP contribution in [0.2, 0.25) is 5.02 Å². The van der Waals surface area contributed by atoms with Gasteiger partial charge in [-0.25, -0.2) is 13.4 Å². The van der Waals surface area contributed by atoms with Crippen molar-refractivity contribution >= 4 is 27.5 Å². The number of ether oxygens (including phenoxy) is 1. The summed E-state index contributed by atoms with van der Waals surface area (Å²) in [7, 11) is -3.68. The van der Waals surface area contributed by atoms with Crippen LogP contribution in [0.3, 0.4) is 0 Å². The number of nitrogens with one attached hydrogen (secondary N) is 1. The Bertz CT molecular complexity index is 935. The van der Waals surface area contributed by atoms with Crippen molar-refractivity contribution in [2.24, 2.45) is 0 Å². The summed E-state index contributed by atoms with van der Waals surface area (Å²) in [4.78, 5) is 16.2. The van der Waals surface area contributed by atoms with Crippen LogP contribution in [0.15, 0.2) is 47.9 Å². The minimum absolute atomic E-state index is 0.0925. The Morgan fingerprint density at radius 1 is 1.29 bits per heavy atom. The monoisotopic (exact) mass is 468 g/mol. The van der Waals surface area contributed by atoms with Gasteiger partial charge in [0.1, 0.15) is 6.61 Å². The number of hydrogen-bond donors (Lipinski definition) is 1. The zero-order chi connectivity index (χ0) is 22.3. The first kappa shape index (κ1) is 23.7. The molecule has 1 amide bonds. The minimum atomic E-state index is -3.68. The molecule has 1 saturated heterocycles. The normalized spacial score (nSPS) is 19.9. The highest BCUT2D eigenvalue weighted by Gasteiger charge is 2.38. The van der Waals surface area contributed by atoms with Gasteiger partial charge in [-0.3, -0.25) is 4.79 Å². The summed E-state index contributed by atoms with van der Waals surface area (Å²) in [5, 5.41) is 3.31. The lowest BCUT2D eigenvalue weighted by Crippen LogP contribution is -2.50. The van der Waals surface area contributed by atoms with Gasteiger partial charge in [0, 0.05) is 42.6 Å². The third-order valence-corrected chi connectivity index (χ3v) is 7.69. The van der Waals surface area contributed by atoms with Gasteiger partial charge < -0.3 is 14.6 Å². The van der Waals surface area contributed by atoms with Crippen LogP contribution in [-0.2, 0) is 26.1 Å². The Labute approximate surface area is 188 Å². The van der Waals surface area contributed by atoms with E-state index in [2.05, 4.69) is 10.3 Å². The summed E-state index contributed by atoms with van der Waals surface area (Å²) in [6.45, 7) is 3.31. The highest BCUT2D eigenvalue weighted by atomic mass is 35.5. The molecule has 2 aromatic rings. The Balaban J connectivity index is 1.49. The largest absolute Gasteiger partial charge is 0.370 e. The molecular formula is C21H29ClN4O4S. The van der Waals surface area contributed by atoms with Gasteiger partial charge >= 0.3 is 0 Å². The molecule has 1 aliphatic heterocycles. The van der Waals surface area contributed by atoms with E-state index >= 15 is 0 Å². The van der Waals surface area contributed by atoms with Crippen LogP contribution in [0.4, 0.5) is 0 Å². The number of hydrogen-bond acceptors (Lipinski definition) is 5. The molecule has 2 atom stereocenters. The molecule has 8 nitrogen and oxygen atoms in total. The number of piperidine rings is 1. The predicted octanol–water partition coefficient (Wildman–Crippen LogP) is 2.69. The lowest BCUT2D eigenvalue weighted by atomic mass is 10.0. The van der Waals surface area contributed by atoms with Gasteiger partial charge in [-0.1, -0.05) is 18.0 Å². The molecule has 1 aliphatic rings. The molecular weight excluding hydrogens is 440 g/mol. The number of sulfonamides is 1. The van der Waals surface area contributed by atoms with E-state index in [-0.39, 0.29) is 36.1 Å².